The molecule has 4 aromatic carbocycles. The molecule has 0 spiro atoms. The Labute approximate surface area is 377 Å². The fraction of sp³-hybridized carbons (Fsp3) is 0.333. The maximum atomic E-state index is 11.5. The number of aryl methyl sites for hydroxylation is 4. The fourth-order valence-corrected chi connectivity index (χ4v) is 9.04. The molecule has 64 heavy (non-hydrogen) atoms. The number of aromatic nitrogens is 2. The molecule has 0 bridgehead atoms. The van der Waals surface area contributed by atoms with Gasteiger partial charge in [0, 0.05) is 36.9 Å². The predicted octanol–water partition coefficient (Wildman–Crippen LogP) is 10.7. The van der Waals surface area contributed by atoms with Crippen LogP contribution in [-0.2, 0) is 25.7 Å². The lowest BCUT2D eigenvalue weighted by molar-refractivity contribution is 0.0684. The third-order valence-corrected chi connectivity index (χ3v) is 12.0. The van der Waals surface area contributed by atoms with Crippen LogP contribution in [0.4, 0.5) is 0 Å². The second-order valence-electron chi connectivity index (χ2n) is 17.4. The number of fused-ring (bicyclic) bond motifs is 2. The average molecular weight is 861 g/mol. The summed E-state index contributed by atoms with van der Waals surface area (Å²) in [5, 5.41) is 26.1. The highest BCUT2D eigenvalue weighted by Crippen LogP contribution is 2.35. The number of carboxylic acids is 2. The van der Waals surface area contributed by atoms with E-state index in [1.807, 2.05) is 39.8 Å². The molecule has 10 heteroatoms. The lowest BCUT2D eigenvalue weighted by Crippen LogP contribution is -2.30. The van der Waals surface area contributed by atoms with E-state index in [-0.39, 0.29) is 24.3 Å². The molecule has 6 aromatic rings. The average Bonchev–Trinajstić information content (AvgIpc) is 3.27. The summed E-state index contributed by atoms with van der Waals surface area (Å²) in [6.07, 6.45) is 11.7. The van der Waals surface area contributed by atoms with Crippen molar-refractivity contribution in [3.05, 3.63) is 165 Å². The number of ether oxygens (including phenoxy) is 2. The normalized spacial score (nSPS) is 15.4. The summed E-state index contributed by atoms with van der Waals surface area (Å²) in [4.78, 5) is 31.2. The number of hydrogen-bond donors (Lipinski definition) is 4. The number of rotatable bonds is 14. The molecule has 8 rings (SSSR count). The van der Waals surface area contributed by atoms with E-state index in [2.05, 4.69) is 95.1 Å². The van der Waals surface area contributed by atoms with E-state index in [0.717, 1.165) is 61.4 Å². The first-order valence-electron chi connectivity index (χ1n) is 22.4. The van der Waals surface area contributed by atoms with Crippen molar-refractivity contribution in [1.82, 2.24) is 20.6 Å². The van der Waals surface area contributed by atoms with Gasteiger partial charge in [0.1, 0.15) is 11.5 Å². The van der Waals surface area contributed by atoms with Gasteiger partial charge in [0.25, 0.3) is 0 Å². The van der Waals surface area contributed by atoms with Crippen LogP contribution in [0.2, 0.25) is 0 Å². The van der Waals surface area contributed by atoms with Crippen molar-refractivity contribution in [3.8, 4) is 33.8 Å². The van der Waals surface area contributed by atoms with Crippen LogP contribution in [0.5, 0.6) is 11.5 Å². The predicted molar refractivity (Wildman–Crippen MR) is 253 cm³/mol. The third-order valence-electron chi connectivity index (χ3n) is 12.0. The van der Waals surface area contributed by atoms with Crippen LogP contribution >= 0.6 is 0 Å². The quantitative estimate of drug-likeness (QED) is 0.0836. The number of nitrogens with one attached hydrogen (secondary N) is 2. The summed E-state index contributed by atoms with van der Waals surface area (Å²) in [7, 11) is 0. The highest BCUT2D eigenvalue weighted by atomic mass is 16.5. The van der Waals surface area contributed by atoms with Gasteiger partial charge in [-0.1, -0.05) is 48.5 Å². The Hall–Kier alpha value is -6.36. The Balaban J connectivity index is 0.000000191. The van der Waals surface area contributed by atoms with E-state index in [0.29, 0.717) is 24.0 Å². The van der Waals surface area contributed by atoms with E-state index in [4.69, 9.17) is 9.47 Å². The standard InChI is InChI=1S/2C27H30N2O3/c2*1-17(2)32-22-6-8-23(18(3)14-22)19-4-7-24-20(15-19)10-13-29-26(24)9-5-21-16-28-12-11-25(21)27(30)31/h2*4,6-8,11-12,14-17,26,29H,5,9-10,13H2,1-3H3,(H,30,31)/t2*26-/m10/s1. The van der Waals surface area contributed by atoms with Crippen molar-refractivity contribution in [1.29, 1.82) is 0 Å². The number of pyridine rings is 2. The Kier molecular flexibility index (Phi) is 14.9. The van der Waals surface area contributed by atoms with Crippen LogP contribution in [0, 0.1) is 13.8 Å². The molecule has 2 aliphatic heterocycles. The Morgan fingerprint density at radius 3 is 1.41 bits per heavy atom. The van der Waals surface area contributed by atoms with Gasteiger partial charge < -0.3 is 30.3 Å². The first-order valence-corrected chi connectivity index (χ1v) is 22.4. The van der Waals surface area contributed by atoms with Gasteiger partial charge in [-0.3, -0.25) is 9.97 Å². The minimum atomic E-state index is -0.899. The van der Waals surface area contributed by atoms with Crippen molar-refractivity contribution in [2.45, 2.75) is 104 Å². The Morgan fingerprint density at radius 1 is 0.609 bits per heavy atom. The van der Waals surface area contributed by atoms with Crippen molar-refractivity contribution < 1.29 is 29.3 Å². The van der Waals surface area contributed by atoms with Crippen molar-refractivity contribution in [3.63, 3.8) is 0 Å². The van der Waals surface area contributed by atoms with Crippen LogP contribution in [0.3, 0.4) is 0 Å². The van der Waals surface area contributed by atoms with Crippen LogP contribution in [0.15, 0.2) is 110 Å². The molecule has 0 radical (unpaired) electrons. The number of nitrogens with zero attached hydrogens (tertiary/aromatic N) is 2. The van der Waals surface area contributed by atoms with Crippen LogP contribution in [0.1, 0.15) is 118 Å². The molecule has 2 aromatic heterocycles. The molecule has 332 valence electrons. The molecule has 4 N–H and O–H groups in total. The number of benzene rings is 4. The number of carboxylic acid groups (broad SMARTS) is 2. The molecule has 0 aliphatic carbocycles. The van der Waals surface area contributed by atoms with Crippen LogP contribution in [-0.4, -0.2) is 57.4 Å². The first kappa shape index (κ1) is 45.7. The number of hydrogen-bond acceptors (Lipinski definition) is 8. The van der Waals surface area contributed by atoms with E-state index < -0.39 is 11.9 Å². The summed E-state index contributed by atoms with van der Waals surface area (Å²) in [6.45, 7) is 14.2. The highest BCUT2D eigenvalue weighted by molar-refractivity contribution is 5.89. The third kappa shape index (κ3) is 11.2. The van der Waals surface area contributed by atoms with Gasteiger partial charge in [-0.15, -0.1) is 0 Å². The molecule has 0 fully saturated rings. The molecule has 2 aliphatic rings. The van der Waals surface area contributed by atoms with Crippen molar-refractivity contribution in [2.75, 3.05) is 13.1 Å². The largest absolute Gasteiger partial charge is 0.491 e. The fourth-order valence-electron chi connectivity index (χ4n) is 9.04. The second kappa shape index (κ2) is 20.9. The molecule has 0 saturated carbocycles. The molecular formula is C54H60N4O6. The van der Waals surface area contributed by atoms with Gasteiger partial charge in [0.15, 0.2) is 0 Å². The van der Waals surface area contributed by atoms with Gasteiger partial charge >= 0.3 is 11.9 Å². The zero-order valence-corrected chi connectivity index (χ0v) is 37.8. The monoisotopic (exact) mass is 860 g/mol. The molecule has 0 unspecified atom stereocenters. The lowest BCUT2D eigenvalue weighted by atomic mass is 9.87. The maximum Gasteiger partial charge on any atom is 0.336 e. The SMILES string of the molecule is Cc1cc(OC(C)C)ccc1-c1ccc2c(c1)CCN[C@@H]2CCc1cnccc1C(=O)O.Cc1cc(OC(C)C)ccc1-c1ccc2c(c1)CCN[C@H]2CCc1cnccc1C(=O)O. The van der Waals surface area contributed by atoms with Gasteiger partial charge in [-0.2, -0.15) is 0 Å². The van der Waals surface area contributed by atoms with Crippen LogP contribution < -0.4 is 20.1 Å². The summed E-state index contributed by atoms with van der Waals surface area (Å²) < 4.78 is 11.7. The molecular weight excluding hydrogens is 801 g/mol. The molecule has 0 saturated heterocycles. The van der Waals surface area contributed by atoms with Gasteiger partial charge in [0.2, 0.25) is 0 Å². The summed E-state index contributed by atoms with van der Waals surface area (Å²) >= 11 is 0. The number of carbonyl (C=O) groups is 2. The topological polar surface area (TPSA) is 143 Å². The summed E-state index contributed by atoms with van der Waals surface area (Å²) in [6, 6.07) is 29.6. The van der Waals surface area contributed by atoms with E-state index in [1.165, 1.54) is 68.0 Å². The minimum absolute atomic E-state index is 0.159. The summed E-state index contributed by atoms with van der Waals surface area (Å²) in [5.74, 6) is 0.00710. The minimum Gasteiger partial charge on any atom is -0.491 e. The van der Waals surface area contributed by atoms with Gasteiger partial charge in [0.05, 0.1) is 23.3 Å². The van der Waals surface area contributed by atoms with Gasteiger partial charge in [-0.05, 0) is 196 Å². The van der Waals surface area contributed by atoms with Crippen LogP contribution in [0.25, 0.3) is 22.3 Å². The number of aromatic carboxylic acids is 2. The Morgan fingerprint density at radius 2 is 1.03 bits per heavy atom. The maximum absolute atomic E-state index is 11.5. The van der Waals surface area contributed by atoms with E-state index in [9.17, 15) is 19.8 Å². The Bertz CT molecular complexity index is 2430. The highest BCUT2D eigenvalue weighted by Gasteiger charge is 2.23. The zero-order chi connectivity index (χ0) is 45.3. The smallest absolute Gasteiger partial charge is 0.336 e. The zero-order valence-electron chi connectivity index (χ0n) is 37.8. The lowest BCUT2D eigenvalue weighted by Gasteiger charge is -2.28. The van der Waals surface area contributed by atoms with E-state index in [1.54, 1.807) is 24.5 Å². The van der Waals surface area contributed by atoms with Crippen molar-refractivity contribution in [2.24, 2.45) is 0 Å². The van der Waals surface area contributed by atoms with E-state index >= 15 is 0 Å². The second-order valence-corrected chi connectivity index (χ2v) is 17.4. The molecule has 2 atom stereocenters. The molecule has 4 heterocycles. The molecule has 10 nitrogen and oxygen atoms in total. The summed E-state index contributed by atoms with van der Waals surface area (Å²) in [5.41, 5.74) is 14.9. The molecule has 0 amide bonds. The van der Waals surface area contributed by atoms with Crippen molar-refractivity contribution >= 4 is 11.9 Å². The first-order chi connectivity index (χ1) is 30.8. The van der Waals surface area contributed by atoms with Gasteiger partial charge in [-0.25, -0.2) is 9.59 Å².